The van der Waals surface area contributed by atoms with E-state index in [4.69, 9.17) is 5.73 Å². The van der Waals surface area contributed by atoms with Crippen LogP contribution in [0.4, 0.5) is 10.1 Å². The van der Waals surface area contributed by atoms with Crippen LogP contribution in [0, 0.1) is 12.7 Å². The smallest absolute Gasteiger partial charge is 0.162 e. The number of benzene rings is 1. The lowest BCUT2D eigenvalue weighted by Crippen LogP contribution is -2.02. The van der Waals surface area contributed by atoms with Gasteiger partial charge in [-0.3, -0.25) is 4.79 Å². The summed E-state index contributed by atoms with van der Waals surface area (Å²) in [6.07, 6.45) is 0. The second-order valence-electron chi connectivity index (χ2n) is 2.77. The number of aryl methyl sites for hydroxylation is 1. The van der Waals surface area contributed by atoms with E-state index in [0.717, 1.165) is 5.56 Å². The largest absolute Gasteiger partial charge is 0.396 e. The third-order valence-corrected chi connectivity index (χ3v) is 1.62. The van der Waals surface area contributed by atoms with Gasteiger partial charge in [0.15, 0.2) is 11.6 Å². The van der Waals surface area contributed by atoms with E-state index in [1.807, 2.05) is 0 Å². The van der Waals surface area contributed by atoms with Gasteiger partial charge in [0.1, 0.15) is 0 Å². The zero-order valence-electron chi connectivity index (χ0n) is 7.02. The summed E-state index contributed by atoms with van der Waals surface area (Å²) >= 11 is 0. The lowest BCUT2D eigenvalue weighted by Gasteiger charge is -2.03. The third kappa shape index (κ3) is 1.44. The maximum absolute atomic E-state index is 13.1. The molecule has 0 aliphatic rings. The van der Waals surface area contributed by atoms with Crippen LogP contribution in [-0.4, -0.2) is 5.78 Å². The number of hydrogen-bond donors (Lipinski definition) is 1. The van der Waals surface area contributed by atoms with Crippen molar-refractivity contribution in [2.75, 3.05) is 5.73 Å². The molecule has 0 aromatic heterocycles. The Labute approximate surface area is 70.2 Å². The normalized spacial score (nSPS) is 9.92. The van der Waals surface area contributed by atoms with Crippen molar-refractivity contribution in [1.29, 1.82) is 0 Å². The fourth-order valence-corrected chi connectivity index (χ4v) is 1.05. The number of nitrogen functional groups attached to an aromatic ring is 1. The maximum Gasteiger partial charge on any atom is 0.162 e. The summed E-state index contributed by atoms with van der Waals surface area (Å²) in [5, 5.41) is 0. The fraction of sp³-hybridized carbons (Fsp3) is 0.222. The van der Waals surface area contributed by atoms with E-state index in [9.17, 15) is 9.18 Å². The number of Topliss-reactive ketones (excluding diaryl/α,β-unsaturated/α-hetero) is 1. The zero-order chi connectivity index (χ0) is 9.30. The van der Waals surface area contributed by atoms with Crippen molar-refractivity contribution < 1.29 is 9.18 Å². The van der Waals surface area contributed by atoms with Crippen molar-refractivity contribution in [3.05, 3.63) is 29.1 Å². The van der Waals surface area contributed by atoms with E-state index in [1.54, 1.807) is 6.92 Å². The summed E-state index contributed by atoms with van der Waals surface area (Å²) in [4.78, 5) is 10.9. The van der Waals surface area contributed by atoms with Gasteiger partial charge in [-0.2, -0.15) is 0 Å². The van der Waals surface area contributed by atoms with E-state index >= 15 is 0 Å². The molecule has 12 heavy (non-hydrogen) atoms. The van der Waals surface area contributed by atoms with Crippen molar-refractivity contribution in [2.24, 2.45) is 0 Å². The zero-order valence-corrected chi connectivity index (χ0v) is 7.02. The van der Waals surface area contributed by atoms with E-state index in [-0.39, 0.29) is 17.0 Å². The molecule has 0 saturated heterocycles. The van der Waals surface area contributed by atoms with Gasteiger partial charge in [-0.1, -0.05) is 0 Å². The molecule has 0 spiro atoms. The molecule has 0 atom stereocenters. The summed E-state index contributed by atoms with van der Waals surface area (Å²) in [5.74, 6) is -0.920. The maximum atomic E-state index is 13.1. The Morgan fingerprint density at radius 3 is 2.58 bits per heavy atom. The fourth-order valence-electron chi connectivity index (χ4n) is 1.05. The summed E-state index contributed by atoms with van der Waals surface area (Å²) < 4.78 is 13.1. The van der Waals surface area contributed by atoms with E-state index < -0.39 is 5.82 Å². The number of hydrogen-bond acceptors (Lipinski definition) is 2. The van der Waals surface area contributed by atoms with E-state index in [0.29, 0.717) is 0 Å². The van der Waals surface area contributed by atoms with Gasteiger partial charge in [-0.05, 0) is 31.5 Å². The van der Waals surface area contributed by atoms with Gasteiger partial charge in [0, 0.05) is 0 Å². The van der Waals surface area contributed by atoms with Crippen LogP contribution in [0.1, 0.15) is 22.8 Å². The number of halogens is 1. The van der Waals surface area contributed by atoms with Crippen LogP contribution in [0.2, 0.25) is 0 Å². The molecule has 2 N–H and O–H groups in total. The second-order valence-corrected chi connectivity index (χ2v) is 2.77. The van der Waals surface area contributed by atoms with Crippen LogP contribution in [0.25, 0.3) is 0 Å². The molecule has 1 aromatic carbocycles. The van der Waals surface area contributed by atoms with Crippen LogP contribution in [0.5, 0.6) is 0 Å². The molecule has 3 heteroatoms. The molecule has 0 fully saturated rings. The first kappa shape index (κ1) is 8.71. The molecular formula is C9H10FNO. The van der Waals surface area contributed by atoms with Crippen LogP contribution in [0.3, 0.4) is 0 Å². The molecule has 0 aliphatic carbocycles. The lowest BCUT2D eigenvalue weighted by atomic mass is 10.1. The van der Waals surface area contributed by atoms with Gasteiger partial charge in [0.05, 0.1) is 11.3 Å². The average molecular weight is 167 g/mol. The highest BCUT2D eigenvalue weighted by atomic mass is 19.1. The Morgan fingerprint density at radius 2 is 2.08 bits per heavy atom. The Morgan fingerprint density at radius 1 is 1.50 bits per heavy atom. The van der Waals surface area contributed by atoms with Crippen LogP contribution in [-0.2, 0) is 0 Å². The highest BCUT2D eigenvalue weighted by molar-refractivity contribution is 5.95. The first-order valence-corrected chi connectivity index (χ1v) is 3.59. The van der Waals surface area contributed by atoms with Gasteiger partial charge >= 0.3 is 0 Å². The SMILES string of the molecule is CC(=O)c1cc(C)cc(N)c1F. The first-order valence-electron chi connectivity index (χ1n) is 3.59. The highest BCUT2D eigenvalue weighted by Gasteiger charge is 2.10. The van der Waals surface area contributed by atoms with Gasteiger partial charge in [0.2, 0.25) is 0 Å². The minimum absolute atomic E-state index is 0.0280. The number of ketones is 1. The number of carbonyl (C=O) groups excluding carboxylic acids is 1. The number of nitrogens with two attached hydrogens (primary N) is 1. The molecule has 0 aliphatic heterocycles. The van der Waals surface area contributed by atoms with Crippen molar-refractivity contribution in [3.8, 4) is 0 Å². The molecule has 0 saturated carbocycles. The summed E-state index contributed by atoms with van der Waals surface area (Å²) in [5.41, 5.74) is 6.21. The topological polar surface area (TPSA) is 43.1 Å². The third-order valence-electron chi connectivity index (χ3n) is 1.62. The Hall–Kier alpha value is -1.38. The number of carbonyl (C=O) groups is 1. The Kier molecular flexibility index (Phi) is 2.13. The van der Waals surface area contributed by atoms with Crippen LogP contribution < -0.4 is 5.73 Å². The molecule has 64 valence electrons. The first-order chi connectivity index (χ1) is 5.52. The molecule has 2 nitrogen and oxygen atoms in total. The molecular weight excluding hydrogens is 157 g/mol. The molecule has 0 bridgehead atoms. The van der Waals surface area contributed by atoms with Crippen LogP contribution in [0.15, 0.2) is 12.1 Å². The quantitative estimate of drug-likeness (QED) is 0.513. The predicted octanol–water partition coefficient (Wildman–Crippen LogP) is 1.92. The summed E-state index contributed by atoms with van der Waals surface area (Å²) in [6, 6.07) is 3.00. The van der Waals surface area contributed by atoms with Crippen molar-refractivity contribution >= 4 is 11.5 Å². The van der Waals surface area contributed by atoms with Gasteiger partial charge in [0.25, 0.3) is 0 Å². The minimum atomic E-state index is -0.617. The standard InChI is InChI=1S/C9H10FNO/c1-5-3-7(6(2)12)9(10)8(11)4-5/h3-4H,11H2,1-2H3. The van der Waals surface area contributed by atoms with Crippen molar-refractivity contribution in [1.82, 2.24) is 0 Å². The number of rotatable bonds is 1. The van der Waals surface area contributed by atoms with E-state index in [1.165, 1.54) is 19.1 Å². The van der Waals surface area contributed by atoms with Crippen LogP contribution >= 0.6 is 0 Å². The van der Waals surface area contributed by atoms with Gasteiger partial charge in [-0.25, -0.2) is 4.39 Å². The molecule has 0 amide bonds. The van der Waals surface area contributed by atoms with Gasteiger partial charge in [-0.15, -0.1) is 0 Å². The number of anilines is 1. The summed E-state index contributed by atoms with van der Waals surface area (Å²) in [7, 11) is 0. The monoisotopic (exact) mass is 167 g/mol. The molecule has 0 heterocycles. The average Bonchev–Trinajstić information content (AvgIpc) is 1.96. The molecule has 1 rings (SSSR count). The van der Waals surface area contributed by atoms with Crippen molar-refractivity contribution in [2.45, 2.75) is 13.8 Å². The lowest BCUT2D eigenvalue weighted by molar-refractivity contribution is 0.101. The summed E-state index contributed by atoms with van der Waals surface area (Å²) in [6.45, 7) is 3.08. The second kappa shape index (κ2) is 2.93. The molecule has 0 radical (unpaired) electrons. The predicted molar refractivity (Wildman–Crippen MR) is 45.6 cm³/mol. The Bertz CT molecular complexity index is 334. The van der Waals surface area contributed by atoms with Gasteiger partial charge < -0.3 is 5.73 Å². The molecule has 1 aromatic rings. The Balaban J connectivity index is 3.37. The minimum Gasteiger partial charge on any atom is -0.396 e. The molecule has 0 unspecified atom stereocenters. The van der Waals surface area contributed by atoms with E-state index in [2.05, 4.69) is 0 Å². The van der Waals surface area contributed by atoms with Crippen molar-refractivity contribution in [3.63, 3.8) is 0 Å². The highest BCUT2D eigenvalue weighted by Crippen LogP contribution is 2.17.